The van der Waals surface area contributed by atoms with E-state index in [9.17, 15) is 9.59 Å². The summed E-state index contributed by atoms with van der Waals surface area (Å²) in [4.78, 5) is 36.0. The minimum Gasteiger partial charge on any atom is -0.339 e. The largest absolute Gasteiger partial charge is 0.339 e. The Morgan fingerprint density at radius 1 is 1.16 bits per heavy atom. The lowest BCUT2D eigenvalue weighted by Gasteiger charge is -2.28. The van der Waals surface area contributed by atoms with E-state index in [1.165, 1.54) is 6.08 Å². The quantitative estimate of drug-likeness (QED) is 0.446. The Morgan fingerprint density at radius 2 is 1.92 bits per heavy atom. The molecular formula is C29H38N6O2. The highest BCUT2D eigenvalue weighted by atomic mass is 16.2. The molecule has 0 saturated carbocycles. The number of carbonyl (C=O) groups is 2. The second-order valence-electron chi connectivity index (χ2n) is 10.9. The van der Waals surface area contributed by atoms with Gasteiger partial charge in [0, 0.05) is 49.7 Å². The molecule has 1 aromatic carbocycles. The number of benzene rings is 1. The van der Waals surface area contributed by atoms with Gasteiger partial charge in [0.2, 0.25) is 11.9 Å². The summed E-state index contributed by atoms with van der Waals surface area (Å²) in [7, 11) is 0. The number of imidazole rings is 1. The molecule has 1 saturated heterocycles. The van der Waals surface area contributed by atoms with Crippen molar-refractivity contribution in [3.8, 4) is 0 Å². The van der Waals surface area contributed by atoms with Gasteiger partial charge < -0.3 is 14.8 Å². The van der Waals surface area contributed by atoms with Crippen molar-refractivity contribution in [3.05, 3.63) is 66.5 Å². The van der Waals surface area contributed by atoms with Crippen molar-refractivity contribution in [2.75, 3.05) is 18.4 Å². The minimum absolute atomic E-state index is 0.0380. The molecule has 3 aromatic rings. The van der Waals surface area contributed by atoms with Gasteiger partial charge in [-0.25, -0.2) is 4.98 Å². The first-order valence-corrected chi connectivity index (χ1v) is 13.0. The number of nitrogens with zero attached hydrogens (tertiary/aromatic N) is 4. The summed E-state index contributed by atoms with van der Waals surface area (Å²) < 4.78 is 2.14. The molecule has 0 spiro atoms. The topological polar surface area (TPSA) is 92.2 Å². The molecule has 8 nitrogen and oxygen atoms in total. The Hall–Kier alpha value is -3.52. The van der Waals surface area contributed by atoms with E-state index >= 15 is 0 Å². The third-order valence-electron chi connectivity index (χ3n) is 7.38. The summed E-state index contributed by atoms with van der Waals surface area (Å²) in [6, 6.07) is 10.1. The van der Waals surface area contributed by atoms with Crippen LogP contribution in [0.15, 0.2) is 55.4 Å². The third kappa shape index (κ3) is 6.25. The minimum atomic E-state index is -0.225. The predicted molar refractivity (Wildman–Crippen MR) is 147 cm³/mol. The molecule has 0 unspecified atom stereocenters. The van der Waals surface area contributed by atoms with Gasteiger partial charge in [0.1, 0.15) is 0 Å². The number of rotatable bonds is 7. The van der Waals surface area contributed by atoms with E-state index < -0.39 is 0 Å². The monoisotopic (exact) mass is 502 g/mol. The first kappa shape index (κ1) is 26.5. The van der Waals surface area contributed by atoms with E-state index in [4.69, 9.17) is 4.98 Å². The first-order valence-electron chi connectivity index (χ1n) is 13.0. The number of hydrogen-bond donors (Lipinski definition) is 2. The fraction of sp³-hybridized carbons (Fsp3) is 0.448. The van der Waals surface area contributed by atoms with Crippen molar-refractivity contribution in [2.45, 2.75) is 65.6 Å². The predicted octanol–water partition coefficient (Wildman–Crippen LogP) is 4.95. The highest BCUT2D eigenvalue weighted by Gasteiger charge is 2.25. The van der Waals surface area contributed by atoms with Gasteiger partial charge in [-0.1, -0.05) is 33.4 Å². The Balaban J connectivity index is 1.65. The summed E-state index contributed by atoms with van der Waals surface area (Å²) in [5.41, 5.74) is 3.65. The Labute approximate surface area is 219 Å². The average Bonchev–Trinajstić information content (AvgIpc) is 3.05. The van der Waals surface area contributed by atoms with Crippen LogP contribution in [0.4, 0.5) is 5.95 Å². The summed E-state index contributed by atoms with van der Waals surface area (Å²) in [6.07, 6.45) is 7.11. The van der Waals surface area contributed by atoms with Crippen LogP contribution in [0.25, 0.3) is 11.0 Å². The van der Waals surface area contributed by atoms with Gasteiger partial charge in [-0.3, -0.25) is 19.9 Å². The van der Waals surface area contributed by atoms with Gasteiger partial charge in [0.05, 0.1) is 11.0 Å². The van der Waals surface area contributed by atoms with Gasteiger partial charge in [0.15, 0.2) is 0 Å². The molecule has 0 bridgehead atoms. The zero-order valence-corrected chi connectivity index (χ0v) is 22.3. The second-order valence-corrected chi connectivity index (χ2v) is 10.9. The van der Waals surface area contributed by atoms with Crippen molar-refractivity contribution in [2.24, 2.45) is 5.41 Å². The SMILES string of the molecule is C=CC(=O)N1CCC[C@@H](n2c(NC(=O)c3ccncc3)nc3cc(CN[C@@H](C)C(C)(C)C)ccc32)CC1. The molecule has 0 aliphatic carbocycles. The molecule has 2 N–H and O–H groups in total. The number of aromatic nitrogens is 3. The van der Waals surface area contributed by atoms with Crippen LogP contribution >= 0.6 is 0 Å². The molecule has 2 atom stereocenters. The van der Waals surface area contributed by atoms with Crippen molar-refractivity contribution in [3.63, 3.8) is 0 Å². The lowest BCUT2D eigenvalue weighted by atomic mass is 9.88. The van der Waals surface area contributed by atoms with Crippen molar-refractivity contribution in [1.29, 1.82) is 0 Å². The highest BCUT2D eigenvalue weighted by Crippen LogP contribution is 2.32. The molecule has 8 heteroatoms. The Kier molecular flexibility index (Phi) is 8.07. The number of amides is 2. The van der Waals surface area contributed by atoms with Crippen LogP contribution in [0.3, 0.4) is 0 Å². The molecule has 2 aromatic heterocycles. The lowest BCUT2D eigenvalue weighted by molar-refractivity contribution is -0.125. The van der Waals surface area contributed by atoms with Crippen LogP contribution < -0.4 is 10.6 Å². The summed E-state index contributed by atoms with van der Waals surface area (Å²) in [5, 5.41) is 6.66. The van der Waals surface area contributed by atoms with Gasteiger partial charge in [0.25, 0.3) is 5.91 Å². The Morgan fingerprint density at radius 3 is 2.62 bits per heavy atom. The summed E-state index contributed by atoms with van der Waals surface area (Å²) in [6.45, 7) is 14.6. The van der Waals surface area contributed by atoms with Crippen LogP contribution in [0.5, 0.6) is 0 Å². The smallest absolute Gasteiger partial charge is 0.258 e. The van der Waals surface area contributed by atoms with E-state index in [-0.39, 0.29) is 23.3 Å². The maximum absolute atomic E-state index is 13.0. The molecule has 0 radical (unpaired) electrons. The highest BCUT2D eigenvalue weighted by molar-refractivity contribution is 6.04. The molecule has 4 rings (SSSR count). The number of likely N-dealkylation sites (tertiary alicyclic amines) is 1. The fourth-order valence-electron chi connectivity index (χ4n) is 4.65. The van der Waals surface area contributed by atoms with E-state index in [0.717, 1.165) is 42.4 Å². The van der Waals surface area contributed by atoms with Crippen LogP contribution in [-0.4, -0.2) is 50.4 Å². The van der Waals surface area contributed by atoms with Crippen molar-refractivity contribution in [1.82, 2.24) is 24.8 Å². The van der Waals surface area contributed by atoms with Crippen LogP contribution in [0, 0.1) is 5.41 Å². The van der Waals surface area contributed by atoms with Crippen LogP contribution in [-0.2, 0) is 11.3 Å². The van der Waals surface area contributed by atoms with E-state index in [2.05, 4.69) is 72.7 Å². The van der Waals surface area contributed by atoms with Crippen LogP contribution in [0.2, 0.25) is 0 Å². The van der Waals surface area contributed by atoms with Crippen molar-refractivity contribution < 1.29 is 9.59 Å². The first-order chi connectivity index (χ1) is 17.7. The average molecular weight is 503 g/mol. The van der Waals surface area contributed by atoms with Crippen LogP contribution in [0.1, 0.15) is 68.9 Å². The maximum Gasteiger partial charge on any atom is 0.258 e. The number of fused-ring (bicyclic) bond motifs is 1. The molecule has 37 heavy (non-hydrogen) atoms. The molecular weight excluding hydrogens is 464 g/mol. The Bertz CT molecular complexity index is 1260. The summed E-state index contributed by atoms with van der Waals surface area (Å²) >= 11 is 0. The number of hydrogen-bond acceptors (Lipinski definition) is 5. The van der Waals surface area contributed by atoms with Gasteiger partial charge in [-0.2, -0.15) is 0 Å². The van der Waals surface area contributed by atoms with E-state index in [1.807, 2.05) is 4.90 Å². The lowest BCUT2D eigenvalue weighted by Crippen LogP contribution is -2.37. The molecule has 3 heterocycles. The number of anilines is 1. The number of pyridine rings is 1. The molecule has 1 aliphatic rings. The zero-order chi connectivity index (χ0) is 26.6. The molecule has 1 fully saturated rings. The third-order valence-corrected chi connectivity index (χ3v) is 7.38. The molecule has 1 aliphatic heterocycles. The summed E-state index contributed by atoms with van der Waals surface area (Å²) in [5.74, 6) is 0.263. The van der Waals surface area contributed by atoms with E-state index in [0.29, 0.717) is 30.6 Å². The molecule has 196 valence electrons. The van der Waals surface area contributed by atoms with Crippen molar-refractivity contribution >= 4 is 28.8 Å². The fourth-order valence-corrected chi connectivity index (χ4v) is 4.65. The molecule has 2 amide bonds. The number of nitrogens with one attached hydrogen (secondary N) is 2. The normalized spacial score (nSPS) is 17.3. The number of carbonyl (C=O) groups excluding carboxylic acids is 2. The zero-order valence-electron chi connectivity index (χ0n) is 22.3. The van der Waals surface area contributed by atoms with E-state index in [1.54, 1.807) is 24.5 Å². The standard InChI is InChI=1S/C29H38N6O2/c1-6-26(36)34-16-7-8-23(13-17-34)35-25-10-9-21(19-31-20(2)29(3,4)5)18-24(25)32-28(35)33-27(37)22-11-14-30-15-12-22/h6,9-12,14-15,18,20,23,31H,1,7-8,13,16-17,19H2,2-5H3,(H,32,33,37)/t20-,23+/m0/s1. The van der Waals surface area contributed by atoms with Gasteiger partial charge in [-0.05, 0) is 67.5 Å². The maximum atomic E-state index is 13.0. The van der Waals surface area contributed by atoms with Gasteiger partial charge in [-0.15, -0.1) is 0 Å². The van der Waals surface area contributed by atoms with Gasteiger partial charge >= 0.3 is 0 Å². The second kappa shape index (κ2) is 11.3.